The van der Waals surface area contributed by atoms with Crippen LogP contribution in [-0.4, -0.2) is 4.57 Å². The molecule has 9 rings (SSSR count). The van der Waals surface area contributed by atoms with Gasteiger partial charge in [0.05, 0.1) is 11.0 Å². The Labute approximate surface area is 296 Å². The molecule has 0 amide bonds. The summed E-state index contributed by atoms with van der Waals surface area (Å²) in [5.74, 6) is -0.256. The number of aromatic nitrogens is 1. The first-order valence-electron chi connectivity index (χ1n) is 17.2. The molecule has 0 bridgehead atoms. The fourth-order valence-electron chi connectivity index (χ4n) is 7.14. The second-order valence-corrected chi connectivity index (χ2v) is 12.8. The SMILES string of the molecule is Fc1ccc(N(c2ccc(-c3ccccc3)cc2)c2ccc(-c3ccc4c(c3)c3cc(-c5ccccc5)ccc3n4-c3ccccc3)cc2)cc1. The molecule has 51 heavy (non-hydrogen) atoms. The number of anilines is 3. The molecule has 0 radical (unpaired) electrons. The van der Waals surface area contributed by atoms with Gasteiger partial charge < -0.3 is 9.47 Å². The number of nitrogens with zero attached hydrogens (tertiary/aromatic N) is 2. The first-order chi connectivity index (χ1) is 25.2. The van der Waals surface area contributed by atoms with Crippen LogP contribution in [0.4, 0.5) is 21.5 Å². The van der Waals surface area contributed by atoms with E-state index in [2.05, 4.69) is 179 Å². The Kier molecular flexibility index (Phi) is 7.71. The van der Waals surface area contributed by atoms with Crippen molar-refractivity contribution in [1.82, 2.24) is 4.57 Å². The number of halogens is 1. The molecule has 3 heteroatoms. The molecule has 0 fully saturated rings. The van der Waals surface area contributed by atoms with Gasteiger partial charge in [0.1, 0.15) is 5.82 Å². The van der Waals surface area contributed by atoms with Gasteiger partial charge in [0.25, 0.3) is 0 Å². The maximum atomic E-state index is 14.0. The third-order valence-electron chi connectivity index (χ3n) is 9.66. The summed E-state index contributed by atoms with van der Waals surface area (Å²) < 4.78 is 16.4. The van der Waals surface area contributed by atoms with Crippen molar-refractivity contribution < 1.29 is 4.39 Å². The normalized spacial score (nSPS) is 11.2. The second kappa shape index (κ2) is 13.0. The number of rotatable bonds is 7. The van der Waals surface area contributed by atoms with E-state index in [1.807, 2.05) is 18.2 Å². The summed E-state index contributed by atoms with van der Waals surface area (Å²) in [7, 11) is 0. The maximum Gasteiger partial charge on any atom is 0.123 e. The van der Waals surface area contributed by atoms with E-state index in [-0.39, 0.29) is 5.82 Å². The summed E-state index contributed by atoms with van der Waals surface area (Å²) in [4.78, 5) is 2.17. The van der Waals surface area contributed by atoms with Crippen molar-refractivity contribution in [2.45, 2.75) is 0 Å². The van der Waals surface area contributed by atoms with Gasteiger partial charge >= 0.3 is 0 Å². The number of hydrogen-bond acceptors (Lipinski definition) is 1. The highest BCUT2D eigenvalue weighted by Crippen LogP contribution is 2.39. The second-order valence-electron chi connectivity index (χ2n) is 12.8. The first-order valence-corrected chi connectivity index (χ1v) is 17.2. The molecule has 0 unspecified atom stereocenters. The van der Waals surface area contributed by atoms with Gasteiger partial charge in [-0.15, -0.1) is 0 Å². The van der Waals surface area contributed by atoms with E-state index in [9.17, 15) is 4.39 Å². The largest absolute Gasteiger partial charge is 0.311 e. The van der Waals surface area contributed by atoms with Crippen LogP contribution in [0.2, 0.25) is 0 Å². The Bertz CT molecular complexity index is 2590. The molecule has 9 aromatic rings. The number of para-hydroxylation sites is 1. The standard InChI is InChI=1S/C48H33FN2/c49-40-22-28-44(29-23-40)50(42-24-16-36(17-25-42)34-10-4-1-5-11-34)43-26-18-37(19-27-43)39-21-31-48-46(33-39)45-32-38(35-12-6-2-7-13-35)20-30-47(45)51(48)41-14-8-3-9-15-41/h1-33H. The van der Waals surface area contributed by atoms with Crippen LogP contribution < -0.4 is 4.90 Å². The predicted molar refractivity (Wildman–Crippen MR) is 212 cm³/mol. The van der Waals surface area contributed by atoms with Gasteiger partial charge in [0.15, 0.2) is 0 Å². The number of hydrogen-bond donors (Lipinski definition) is 0. The van der Waals surface area contributed by atoms with Crippen LogP contribution in [0.25, 0.3) is 60.9 Å². The molecule has 0 aliphatic carbocycles. The van der Waals surface area contributed by atoms with E-state index in [4.69, 9.17) is 0 Å². The Morgan fingerprint density at radius 3 is 1.16 bits per heavy atom. The van der Waals surface area contributed by atoms with Crippen molar-refractivity contribution in [3.05, 3.63) is 206 Å². The summed E-state index contributed by atoms with van der Waals surface area (Å²) >= 11 is 0. The van der Waals surface area contributed by atoms with Crippen molar-refractivity contribution >= 4 is 38.9 Å². The lowest BCUT2D eigenvalue weighted by atomic mass is 10.00. The van der Waals surface area contributed by atoms with Gasteiger partial charge in [0, 0.05) is 33.5 Å². The van der Waals surface area contributed by atoms with Crippen molar-refractivity contribution in [1.29, 1.82) is 0 Å². The smallest absolute Gasteiger partial charge is 0.123 e. The van der Waals surface area contributed by atoms with Gasteiger partial charge in [-0.25, -0.2) is 4.39 Å². The molecule has 0 saturated heterocycles. The molecular weight excluding hydrogens is 624 g/mol. The lowest BCUT2D eigenvalue weighted by molar-refractivity contribution is 0.628. The molecule has 1 aromatic heterocycles. The van der Waals surface area contributed by atoms with Crippen LogP contribution in [0.3, 0.4) is 0 Å². The first kappa shape index (κ1) is 30.4. The molecule has 0 spiro atoms. The maximum absolute atomic E-state index is 14.0. The molecular formula is C48H33FN2. The highest BCUT2D eigenvalue weighted by atomic mass is 19.1. The fraction of sp³-hybridized carbons (Fsp3) is 0. The van der Waals surface area contributed by atoms with Gasteiger partial charge in [-0.1, -0.05) is 115 Å². The number of benzene rings is 8. The van der Waals surface area contributed by atoms with Crippen LogP contribution in [0.1, 0.15) is 0 Å². The summed E-state index contributed by atoms with van der Waals surface area (Å²) in [5.41, 5.74) is 13.3. The van der Waals surface area contributed by atoms with Gasteiger partial charge in [-0.2, -0.15) is 0 Å². The van der Waals surface area contributed by atoms with Crippen molar-refractivity contribution in [2.24, 2.45) is 0 Å². The van der Waals surface area contributed by atoms with Crippen molar-refractivity contribution in [3.63, 3.8) is 0 Å². The fourth-order valence-corrected chi connectivity index (χ4v) is 7.14. The zero-order chi connectivity index (χ0) is 34.1. The average molecular weight is 657 g/mol. The Hall–Kier alpha value is -6.71. The van der Waals surface area contributed by atoms with Crippen molar-refractivity contribution in [3.8, 4) is 39.1 Å². The Morgan fingerprint density at radius 1 is 0.333 bits per heavy atom. The lowest BCUT2D eigenvalue weighted by Crippen LogP contribution is -2.09. The molecule has 0 aliphatic rings. The van der Waals surface area contributed by atoms with E-state index in [0.29, 0.717) is 0 Å². The number of fused-ring (bicyclic) bond motifs is 3. The minimum atomic E-state index is -0.256. The molecule has 242 valence electrons. The van der Waals surface area contributed by atoms with Crippen molar-refractivity contribution in [2.75, 3.05) is 4.90 Å². The lowest BCUT2D eigenvalue weighted by Gasteiger charge is -2.26. The predicted octanol–water partition coefficient (Wildman–Crippen LogP) is 13.4. The van der Waals surface area contributed by atoms with Crippen LogP contribution in [0.5, 0.6) is 0 Å². The van der Waals surface area contributed by atoms with E-state index >= 15 is 0 Å². The van der Waals surface area contributed by atoms with Crippen LogP contribution >= 0.6 is 0 Å². The van der Waals surface area contributed by atoms with Gasteiger partial charge in [0.2, 0.25) is 0 Å². The summed E-state index contributed by atoms with van der Waals surface area (Å²) in [6, 6.07) is 68.9. The van der Waals surface area contributed by atoms with E-state index in [1.165, 1.54) is 50.6 Å². The van der Waals surface area contributed by atoms with Crippen LogP contribution in [0, 0.1) is 5.82 Å². The minimum Gasteiger partial charge on any atom is -0.311 e. The minimum absolute atomic E-state index is 0.256. The molecule has 2 nitrogen and oxygen atoms in total. The van der Waals surface area contributed by atoms with E-state index in [1.54, 1.807) is 0 Å². The summed E-state index contributed by atoms with van der Waals surface area (Å²) in [5, 5.41) is 2.43. The monoisotopic (exact) mass is 656 g/mol. The molecule has 1 heterocycles. The molecule has 0 aliphatic heterocycles. The van der Waals surface area contributed by atoms with E-state index < -0.39 is 0 Å². The zero-order valence-corrected chi connectivity index (χ0v) is 27.8. The molecule has 0 saturated carbocycles. The Morgan fingerprint density at radius 2 is 0.686 bits per heavy atom. The topological polar surface area (TPSA) is 8.17 Å². The molecule has 0 atom stereocenters. The van der Waals surface area contributed by atoms with Crippen LogP contribution in [-0.2, 0) is 0 Å². The average Bonchev–Trinajstić information content (AvgIpc) is 3.53. The highest BCUT2D eigenvalue weighted by molar-refractivity contribution is 6.11. The quantitative estimate of drug-likeness (QED) is 0.166. The van der Waals surface area contributed by atoms with Gasteiger partial charge in [-0.3, -0.25) is 0 Å². The zero-order valence-electron chi connectivity index (χ0n) is 27.8. The molecule has 0 N–H and O–H groups in total. The van der Waals surface area contributed by atoms with Crippen LogP contribution in [0.15, 0.2) is 200 Å². The van der Waals surface area contributed by atoms with E-state index in [0.717, 1.165) is 39.4 Å². The summed E-state index contributed by atoms with van der Waals surface area (Å²) in [6.07, 6.45) is 0. The Balaban J connectivity index is 1.13. The van der Waals surface area contributed by atoms with Gasteiger partial charge in [-0.05, 0) is 118 Å². The summed E-state index contributed by atoms with van der Waals surface area (Å²) in [6.45, 7) is 0. The molecule has 8 aromatic carbocycles. The highest BCUT2D eigenvalue weighted by Gasteiger charge is 2.16. The third-order valence-corrected chi connectivity index (χ3v) is 9.66. The third kappa shape index (κ3) is 5.75.